The first-order valence-corrected chi connectivity index (χ1v) is 9.79. The van der Waals surface area contributed by atoms with Gasteiger partial charge in [0.25, 0.3) is 0 Å². The molecule has 6 heteroatoms. The van der Waals surface area contributed by atoms with Gasteiger partial charge in [-0.25, -0.2) is 0 Å². The van der Waals surface area contributed by atoms with E-state index in [1.807, 2.05) is 60.7 Å². The van der Waals surface area contributed by atoms with Crippen molar-refractivity contribution >= 4 is 46.0 Å². The highest BCUT2D eigenvalue weighted by Crippen LogP contribution is 2.20. The van der Waals surface area contributed by atoms with Crippen LogP contribution in [-0.2, 0) is 13.1 Å². The molecular weight excluding hydrogens is 384 g/mol. The van der Waals surface area contributed by atoms with Gasteiger partial charge in [0.2, 0.25) is 0 Å². The minimum absolute atomic E-state index is 0.557. The molecule has 0 spiro atoms. The van der Waals surface area contributed by atoms with E-state index >= 15 is 0 Å². The zero-order valence-electron chi connectivity index (χ0n) is 15.3. The molecule has 0 saturated carbocycles. The second kappa shape index (κ2) is 10.4. The van der Waals surface area contributed by atoms with Gasteiger partial charge in [-0.05, 0) is 47.7 Å². The quantitative estimate of drug-likeness (QED) is 0.447. The van der Waals surface area contributed by atoms with Gasteiger partial charge < -0.3 is 21.3 Å². The van der Waals surface area contributed by atoms with Gasteiger partial charge in [-0.2, -0.15) is 0 Å². The summed E-state index contributed by atoms with van der Waals surface area (Å²) in [6.07, 6.45) is 0. The number of rotatable bonds is 6. The zero-order valence-corrected chi connectivity index (χ0v) is 16.9. The molecule has 28 heavy (non-hydrogen) atoms. The van der Waals surface area contributed by atoms with Crippen LogP contribution in [0.4, 0.5) is 11.4 Å². The standard InChI is InChI=1S/C22H22N4S2/c27-21(23-15-17-9-3-1-4-10-17)25-19-13-7-8-14-20(19)26-22(28)24-16-18-11-5-2-6-12-18/h1-14H,15-16H2,(H2,23,25,27)(H2,24,26,28). The van der Waals surface area contributed by atoms with Crippen molar-refractivity contribution in [2.24, 2.45) is 0 Å². The van der Waals surface area contributed by atoms with Crippen LogP contribution in [-0.4, -0.2) is 10.2 Å². The van der Waals surface area contributed by atoms with Gasteiger partial charge in [0.05, 0.1) is 11.4 Å². The molecule has 3 aromatic rings. The molecule has 4 nitrogen and oxygen atoms in total. The Balaban J connectivity index is 1.53. The molecular formula is C22H22N4S2. The highest BCUT2D eigenvalue weighted by molar-refractivity contribution is 7.80. The van der Waals surface area contributed by atoms with Crippen LogP contribution in [0, 0.1) is 0 Å². The number of hydrogen-bond acceptors (Lipinski definition) is 2. The van der Waals surface area contributed by atoms with Crippen molar-refractivity contribution < 1.29 is 0 Å². The third-order valence-electron chi connectivity index (χ3n) is 4.02. The van der Waals surface area contributed by atoms with Gasteiger partial charge in [-0.1, -0.05) is 72.8 Å². The van der Waals surface area contributed by atoms with Gasteiger partial charge >= 0.3 is 0 Å². The maximum atomic E-state index is 5.43. The molecule has 3 aromatic carbocycles. The molecule has 0 fully saturated rings. The van der Waals surface area contributed by atoms with E-state index in [1.165, 1.54) is 11.1 Å². The Morgan fingerprint density at radius 1 is 0.536 bits per heavy atom. The van der Waals surface area contributed by atoms with Crippen LogP contribution < -0.4 is 21.3 Å². The normalized spacial score (nSPS) is 10.0. The number of thiocarbonyl (C=S) groups is 2. The smallest absolute Gasteiger partial charge is 0.171 e. The van der Waals surface area contributed by atoms with E-state index in [-0.39, 0.29) is 0 Å². The van der Waals surface area contributed by atoms with E-state index in [1.54, 1.807) is 0 Å². The van der Waals surface area contributed by atoms with Gasteiger partial charge in [0.15, 0.2) is 10.2 Å². The van der Waals surface area contributed by atoms with Crippen molar-refractivity contribution in [3.8, 4) is 0 Å². The fraction of sp³-hybridized carbons (Fsp3) is 0.0909. The Kier molecular flexibility index (Phi) is 7.35. The molecule has 3 rings (SSSR count). The second-order valence-electron chi connectivity index (χ2n) is 6.13. The van der Waals surface area contributed by atoms with Crippen LogP contribution in [0.2, 0.25) is 0 Å². The predicted octanol–water partition coefficient (Wildman–Crippen LogP) is 4.66. The topological polar surface area (TPSA) is 48.1 Å². The number of anilines is 2. The number of nitrogens with one attached hydrogen (secondary N) is 4. The summed E-state index contributed by atoms with van der Waals surface area (Å²) in [5, 5.41) is 14.0. The molecule has 0 aliphatic heterocycles. The van der Waals surface area contributed by atoms with Crippen LogP contribution in [0.5, 0.6) is 0 Å². The Bertz CT molecular complexity index is 838. The Morgan fingerprint density at radius 3 is 1.29 bits per heavy atom. The first kappa shape index (κ1) is 19.8. The highest BCUT2D eigenvalue weighted by atomic mass is 32.1. The molecule has 0 amide bonds. The second-order valence-corrected chi connectivity index (χ2v) is 6.95. The lowest BCUT2D eigenvalue weighted by Crippen LogP contribution is -2.30. The lowest BCUT2D eigenvalue weighted by molar-refractivity contribution is 0.924. The fourth-order valence-electron chi connectivity index (χ4n) is 2.59. The number of hydrogen-bond donors (Lipinski definition) is 4. The monoisotopic (exact) mass is 406 g/mol. The molecule has 142 valence electrons. The summed E-state index contributed by atoms with van der Waals surface area (Å²) in [5.41, 5.74) is 4.06. The van der Waals surface area contributed by atoms with Gasteiger partial charge in [-0.3, -0.25) is 0 Å². The summed E-state index contributed by atoms with van der Waals surface area (Å²) in [4.78, 5) is 0. The number of para-hydroxylation sites is 2. The third kappa shape index (κ3) is 6.33. The first-order valence-electron chi connectivity index (χ1n) is 8.97. The lowest BCUT2D eigenvalue weighted by Gasteiger charge is -2.16. The minimum Gasteiger partial charge on any atom is -0.358 e. The summed E-state index contributed by atoms with van der Waals surface area (Å²) in [5.74, 6) is 0. The summed E-state index contributed by atoms with van der Waals surface area (Å²) in [6, 6.07) is 28.1. The summed E-state index contributed by atoms with van der Waals surface area (Å²) in [6.45, 7) is 1.33. The van der Waals surface area contributed by atoms with Crippen molar-refractivity contribution in [1.29, 1.82) is 0 Å². The van der Waals surface area contributed by atoms with Crippen molar-refractivity contribution in [1.82, 2.24) is 10.6 Å². The fourth-order valence-corrected chi connectivity index (χ4v) is 2.95. The van der Waals surface area contributed by atoms with Gasteiger partial charge in [-0.15, -0.1) is 0 Å². The van der Waals surface area contributed by atoms with E-state index in [0.717, 1.165) is 11.4 Å². The minimum atomic E-state index is 0.557. The predicted molar refractivity (Wildman–Crippen MR) is 125 cm³/mol. The maximum Gasteiger partial charge on any atom is 0.171 e. The number of benzene rings is 3. The molecule has 0 saturated heterocycles. The average Bonchev–Trinajstić information content (AvgIpc) is 2.74. The van der Waals surface area contributed by atoms with Crippen LogP contribution in [0.25, 0.3) is 0 Å². The van der Waals surface area contributed by atoms with E-state index in [2.05, 4.69) is 45.5 Å². The third-order valence-corrected chi connectivity index (χ3v) is 4.51. The average molecular weight is 407 g/mol. The molecule has 0 heterocycles. The summed E-state index contributed by atoms with van der Waals surface area (Å²) < 4.78 is 0. The Labute approximate surface area is 176 Å². The lowest BCUT2D eigenvalue weighted by atomic mass is 10.2. The van der Waals surface area contributed by atoms with E-state index < -0.39 is 0 Å². The SMILES string of the molecule is S=C(NCc1ccccc1)Nc1ccccc1NC(=S)NCc1ccccc1. The van der Waals surface area contributed by atoms with Crippen molar-refractivity contribution in [3.05, 3.63) is 96.1 Å². The first-order chi connectivity index (χ1) is 13.7. The van der Waals surface area contributed by atoms with Crippen molar-refractivity contribution in [3.63, 3.8) is 0 Å². The van der Waals surface area contributed by atoms with Crippen LogP contribution in [0.1, 0.15) is 11.1 Å². The molecule has 0 radical (unpaired) electrons. The summed E-state index contributed by atoms with van der Waals surface area (Å²) in [7, 11) is 0. The maximum absolute atomic E-state index is 5.43. The largest absolute Gasteiger partial charge is 0.358 e. The molecule has 0 aromatic heterocycles. The van der Waals surface area contributed by atoms with Crippen LogP contribution in [0.3, 0.4) is 0 Å². The van der Waals surface area contributed by atoms with Crippen LogP contribution >= 0.6 is 24.4 Å². The highest BCUT2D eigenvalue weighted by Gasteiger charge is 2.06. The molecule has 0 bridgehead atoms. The zero-order chi connectivity index (χ0) is 19.6. The van der Waals surface area contributed by atoms with Crippen molar-refractivity contribution in [2.45, 2.75) is 13.1 Å². The van der Waals surface area contributed by atoms with Crippen molar-refractivity contribution in [2.75, 3.05) is 10.6 Å². The molecule has 0 atom stereocenters. The Morgan fingerprint density at radius 2 is 0.893 bits per heavy atom. The van der Waals surface area contributed by atoms with E-state index in [4.69, 9.17) is 24.4 Å². The summed E-state index contributed by atoms with van der Waals surface area (Å²) >= 11 is 10.9. The Hall–Kier alpha value is -2.96. The molecule has 0 aliphatic rings. The van der Waals surface area contributed by atoms with E-state index in [0.29, 0.717) is 23.3 Å². The molecule has 0 unspecified atom stereocenters. The van der Waals surface area contributed by atoms with Gasteiger partial charge in [0.1, 0.15) is 0 Å². The molecule has 0 aliphatic carbocycles. The van der Waals surface area contributed by atoms with Gasteiger partial charge in [0, 0.05) is 13.1 Å². The van der Waals surface area contributed by atoms with Crippen LogP contribution in [0.15, 0.2) is 84.9 Å². The van der Waals surface area contributed by atoms with E-state index in [9.17, 15) is 0 Å². The molecule has 4 N–H and O–H groups in total.